The molecule has 0 radical (unpaired) electrons. The Morgan fingerprint density at radius 2 is 1.84 bits per heavy atom. The number of rotatable bonds is 7. The van der Waals surface area contributed by atoms with Gasteiger partial charge < -0.3 is 25.2 Å². The van der Waals surface area contributed by atoms with Crippen LogP contribution < -0.4 is 0 Å². The van der Waals surface area contributed by atoms with Gasteiger partial charge >= 0.3 is 5.97 Å². The highest BCUT2D eigenvalue weighted by Crippen LogP contribution is 2.67. The summed E-state index contributed by atoms with van der Waals surface area (Å²) in [5.74, 6) is 0.443. The molecule has 0 bridgehead atoms. The summed E-state index contributed by atoms with van der Waals surface area (Å²) in [5.41, 5.74) is 2.30. The highest BCUT2D eigenvalue weighted by molar-refractivity contribution is 5.67. The summed E-state index contributed by atoms with van der Waals surface area (Å²) < 4.78 is 6.02. The normalized spacial score (nSPS) is 43.2. The molecule has 1 saturated carbocycles. The van der Waals surface area contributed by atoms with Crippen LogP contribution in [0.25, 0.3) is 0 Å². The van der Waals surface area contributed by atoms with Crippen LogP contribution in [0.2, 0.25) is 0 Å². The van der Waals surface area contributed by atoms with Gasteiger partial charge in [0.1, 0.15) is 12.2 Å². The van der Waals surface area contributed by atoms with E-state index in [0.717, 1.165) is 43.3 Å². The number of aliphatic hydroxyl groups is 4. The van der Waals surface area contributed by atoms with Crippen LogP contribution in [0.1, 0.15) is 87.0 Å². The number of aliphatic hydroxyl groups excluding tert-OH is 4. The molecule has 6 unspecified atom stereocenters. The van der Waals surface area contributed by atoms with E-state index >= 15 is 0 Å². The Kier molecular flexibility index (Phi) is 7.90. The zero-order valence-corrected chi connectivity index (χ0v) is 24.5. The second-order valence-corrected chi connectivity index (χ2v) is 13.8. The Labute approximate surface area is 228 Å². The van der Waals surface area contributed by atoms with Crippen molar-refractivity contribution in [1.82, 2.24) is 0 Å². The molecule has 4 rings (SSSR count). The van der Waals surface area contributed by atoms with Gasteiger partial charge in [-0.3, -0.25) is 4.79 Å². The largest absolute Gasteiger partial charge is 0.458 e. The van der Waals surface area contributed by atoms with Crippen LogP contribution >= 0.6 is 0 Å². The maximum atomic E-state index is 12.4. The van der Waals surface area contributed by atoms with Gasteiger partial charge in [0.2, 0.25) is 0 Å². The fraction of sp³-hybridized carbons (Fsp3) is 0.781. The molecular formula is C32H50O6. The average molecular weight is 531 g/mol. The average Bonchev–Trinajstić information content (AvgIpc) is 3.20. The number of esters is 1. The van der Waals surface area contributed by atoms with E-state index in [0.29, 0.717) is 11.8 Å². The van der Waals surface area contributed by atoms with Gasteiger partial charge in [0.05, 0.1) is 18.8 Å². The highest BCUT2D eigenvalue weighted by atomic mass is 16.6. The fourth-order valence-corrected chi connectivity index (χ4v) is 9.07. The molecule has 0 aromatic rings. The van der Waals surface area contributed by atoms with Gasteiger partial charge in [0.25, 0.3) is 0 Å². The van der Waals surface area contributed by atoms with Crippen LogP contribution in [0.4, 0.5) is 0 Å². The van der Waals surface area contributed by atoms with Gasteiger partial charge in [-0.15, -0.1) is 0 Å². The maximum absolute atomic E-state index is 12.4. The van der Waals surface area contributed by atoms with Gasteiger partial charge in [0.15, 0.2) is 0 Å². The number of allylic oxidation sites excluding steroid dienone is 3. The van der Waals surface area contributed by atoms with E-state index < -0.39 is 46.6 Å². The lowest BCUT2D eigenvalue weighted by atomic mass is 9.44. The zero-order valence-electron chi connectivity index (χ0n) is 24.5. The number of ether oxygens (including phenoxy) is 1. The summed E-state index contributed by atoms with van der Waals surface area (Å²) in [7, 11) is 0. The summed E-state index contributed by atoms with van der Waals surface area (Å²) in [6, 6.07) is 0. The SMILES string of the molecule is C=C(CC[C@@H](C)[C@H]1CC=C2C3=C(C(O)C(OC(C)=O)[C@@]21C)[C@@]1(C)CC(O)C(O)C(C)(CO)C1CC3)C(C)C. The minimum Gasteiger partial charge on any atom is -0.458 e. The smallest absolute Gasteiger partial charge is 0.303 e. The third-order valence-corrected chi connectivity index (χ3v) is 11.3. The molecule has 0 saturated heterocycles. The van der Waals surface area contributed by atoms with Crippen LogP contribution in [-0.2, 0) is 9.53 Å². The Hall–Kier alpha value is -1.47. The molecule has 10 atom stereocenters. The van der Waals surface area contributed by atoms with Crippen molar-refractivity contribution in [3.63, 3.8) is 0 Å². The molecule has 0 amide bonds. The first-order valence-corrected chi connectivity index (χ1v) is 14.6. The van der Waals surface area contributed by atoms with Crippen molar-refractivity contribution in [3.05, 3.63) is 34.9 Å². The molecule has 4 aliphatic carbocycles. The Morgan fingerprint density at radius 1 is 1.18 bits per heavy atom. The molecule has 0 aromatic heterocycles. The molecule has 0 spiro atoms. The first-order valence-electron chi connectivity index (χ1n) is 14.6. The van der Waals surface area contributed by atoms with Gasteiger partial charge in [-0.25, -0.2) is 0 Å². The Bertz CT molecular complexity index is 1030. The van der Waals surface area contributed by atoms with Crippen molar-refractivity contribution >= 4 is 5.97 Å². The predicted octanol–water partition coefficient (Wildman–Crippen LogP) is 4.71. The molecule has 38 heavy (non-hydrogen) atoms. The molecule has 214 valence electrons. The summed E-state index contributed by atoms with van der Waals surface area (Å²) in [6.07, 6.45) is 3.05. The third-order valence-electron chi connectivity index (χ3n) is 11.3. The second kappa shape index (κ2) is 10.2. The molecule has 4 aliphatic rings. The van der Waals surface area contributed by atoms with Crippen LogP contribution in [0.5, 0.6) is 0 Å². The van der Waals surface area contributed by atoms with Crippen molar-refractivity contribution in [2.75, 3.05) is 6.61 Å². The van der Waals surface area contributed by atoms with Gasteiger partial charge in [-0.2, -0.15) is 0 Å². The molecular weight excluding hydrogens is 480 g/mol. The molecule has 4 N–H and O–H groups in total. The van der Waals surface area contributed by atoms with E-state index in [2.05, 4.69) is 47.3 Å². The highest BCUT2D eigenvalue weighted by Gasteiger charge is 2.65. The van der Waals surface area contributed by atoms with Gasteiger partial charge in [-0.1, -0.05) is 59.8 Å². The quantitative estimate of drug-likeness (QED) is 0.281. The lowest BCUT2D eigenvalue weighted by molar-refractivity contribution is -0.189. The lowest BCUT2D eigenvalue weighted by Gasteiger charge is -2.62. The van der Waals surface area contributed by atoms with Crippen LogP contribution in [0.3, 0.4) is 0 Å². The number of carbonyl (C=O) groups is 1. The number of hydrogen-bond donors (Lipinski definition) is 4. The van der Waals surface area contributed by atoms with E-state index in [9.17, 15) is 25.2 Å². The first kappa shape index (κ1) is 29.5. The Morgan fingerprint density at radius 3 is 2.42 bits per heavy atom. The van der Waals surface area contributed by atoms with E-state index in [1.807, 2.05) is 6.92 Å². The van der Waals surface area contributed by atoms with Crippen molar-refractivity contribution in [1.29, 1.82) is 0 Å². The van der Waals surface area contributed by atoms with Gasteiger partial charge in [0, 0.05) is 17.8 Å². The monoisotopic (exact) mass is 530 g/mol. The zero-order chi connectivity index (χ0) is 28.4. The van der Waals surface area contributed by atoms with Crippen molar-refractivity contribution in [3.8, 4) is 0 Å². The van der Waals surface area contributed by atoms with Crippen molar-refractivity contribution < 1.29 is 30.0 Å². The topological polar surface area (TPSA) is 107 Å². The fourth-order valence-electron chi connectivity index (χ4n) is 9.07. The summed E-state index contributed by atoms with van der Waals surface area (Å²) in [4.78, 5) is 12.4. The minimum absolute atomic E-state index is 0.132. The van der Waals surface area contributed by atoms with Crippen LogP contribution in [0.15, 0.2) is 34.9 Å². The molecule has 6 heteroatoms. The Balaban J connectivity index is 1.79. The maximum Gasteiger partial charge on any atom is 0.303 e. The minimum atomic E-state index is -1.04. The summed E-state index contributed by atoms with van der Waals surface area (Å²) >= 11 is 0. The van der Waals surface area contributed by atoms with Crippen molar-refractivity contribution in [2.24, 2.45) is 39.9 Å². The molecule has 6 nitrogen and oxygen atoms in total. The van der Waals surface area contributed by atoms with Crippen LogP contribution in [0, 0.1) is 39.9 Å². The molecule has 0 heterocycles. The van der Waals surface area contributed by atoms with Crippen LogP contribution in [-0.4, -0.2) is 57.4 Å². The summed E-state index contributed by atoms with van der Waals surface area (Å²) in [6.45, 7) is 18.1. The summed E-state index contributed by atoms with van der Waals surface area (Å²) in [5, 5.41) is 44.4. The first-order chi connectivity index (χ1) is 17.6. The number of hydrogen-bond acceptors (Lipinski definition) is 6. The second-order valence-electron chi connectivity index (χ2n) is 13.8. The third kappa shape index (κ3) is 4.25. The van der Waals surface area contributed by atoms with Crippen molar-refractivity contribution in [2.45, 2.75) is 111 Å². The number of carbonyl (C=O) groups excluding carboxylic acids is 1. The lowest BCUT2D eigenvalue weighted by Crippen LogP contribution is -2.64. The molecule has 0 aromatic carbocycles. The van der Waals surface area contributed by atoms with E-state index in [4.69, 9.17) is 4.74 Å². The van der Waals surface area contributed by atoms with E-state index in [-0.39, 0.29) is 24.9 Å². The molecule has 0 aliphatic heterocycles. The van der Waals surface area contributed by atoms with E-state index in [1.165, 1.54) is 18.1 Å². The standard InChI is InChI=1S/C32H50O6/c1-17(2)18(3)9-10-19(4)22-12-13-23-21-11-14-25-30(6,15-24(35)28(37)31(25,7)16-33)26(21)27(36)29(32(22,23)8)38-20(5)34/h13,17,19,22,24-25,27-29,33,35-37H,3,9-12,14-16H2,1-2,4-8H3/t19-,22-,24?,25?,27?,28?,29?,30+,31?,32-/m1/s1. The van der Waals surface area contributed by atoms with Gasteiger partial charge in [-0.05, 0) is 84.3 Å². The molecule has 1 fully saturated rings. The predicted molar refractivity (Wildman–Crippen MR) is 148 cm³/mol. The number of fused-ring (bicyclic) bond motifs is 4. The van der Waals surface area contributed by atoms with E-state index in [1.54, 1.807) is 0 Å².